The second kappa shape index (κ2) is 5.61. The first kappa shape index (κ1) is 11.0. The predicted molar refractivity (Wildman–Crippen MR) is 58.0 cm³/mol. The topological polar surface area (TPSA) is 15.3 Å². The van der Waals surface area contributed by atoms with Gasteiger partial charge in [-0.1, -0.05) is 12.8 Å². The van der Waals surface area contributed by atoms with E-state index in [-0.39, 0.29) is 0 Å². The molecule has 1 saturated carbocycles. The molecule has 0 saturated heterocycles. The molecule has 0 amide bonds. The van der Waals surface area contributed by atoms with Gasteiger partial charge in [-0.05, 0) is 33.7 Å². The van der Waals surface area contributed by atoms with Crippen LogP contribution in [0.2, 0.25) is 0 Å². The predicted octanol–water partition coefficient (Wildman–Crippen LogP) is 1.86. The Morgan fingerprint density at radius 1 is 1.31 bits per heavy atom. The van der Waals surface area contributed by atoms with Crippen LogP contribution in [0.4, 0.5) is 0 Å². The molecule has 1 aliphatic rings. The lowest BCUT2D eigenvalue weighted by molar-refractivity contribution is 0.269. The number of hydrogen-bond donors (Lipinski definition) is 1. The number of hydrogen-bond acceptors (Lipinski definition) is 2. The zero-order valence-electron chi connectivity index (χ0n) is 9.34. The maximum absolute atomic E-state index is 3.63. The maximum Gasteiger partial charge on any atom is 0.0107 e. The van der Waals surface area contributed by atoms with Gasteiger partial charge in [0.05, 0.1) is 0 Å². The minimum Gasteiger partial charge on any atom is -0.313 e. The third-order valence-electron chi connectivity index (χ3n) is 3.13. The van der Waals surface area contributed by atoms with Gasteiger partial charge in [-0.25, -0.2) is 0 Å². The molecular formula is C11H24N2. The first-order valence-electron chi connectivity index (χ1n) is 5.64. The molecule has 0 unspecified atom stereocenters. The molecule has 0 aliphatic heterocycles. The Bertz CT molecular complexity index is 126. The SMILES string of the molecule is CC(C)N(C)CCNC1CCCC1. The van der Waals surface area contributed by atoms with Gasteiger partial charge in [-0.15, -0.1) is 0 Å². The standard InChI is InChI=1S/C11H24N2/c1-10(2)13(3)9-8-12-11-6-4-5-7-11/h10-12H,4-9H2,1-3H3. The molecule has 0 aromatic carbocycles. The Hall–Kier alpha value is -0.0800. The van der Waals surface area contributed by atoms with Crippen molar-refractivity contribution >= 4 is 0 Å². The molecule has 1 fully saturated rings. The zero-order chi connectivity index (χ0) is 9.68. The van der Waals surface area contributed by atoms with Crippen LogP contribution in [0.25, 0.3) is 0 Å². The van der Waals surface area contributed by atoms with E-state index in [1.165, 1.54) is 32.2 Å². The molecule has 2 nitrogen and oxygen atoms in total. The van der Waals surface area contributed by atoms with E-state index in [9.17, 15) is 0 Å². The Morgan fingerprint density at radius 3 is 2.46 bits per heavy atom. The third-order valence-corrected chi connectivity index (χ3v) is 3.13. The van der Waals surface area contributed by atoms with Crippen LogP contribution >= 0.6 is 0 Å². The fourth-order valence-electron chi connectivity index (χ4n) is 1.83. The molecule has 13 heavy (non-hydrogen) atoms. The van der Waals surface area contributed by atoms with Crippen LogP contribution in [-0.4, -0.2) is 37.1 Å². The number of rotatable bonds is 5. The molecule has 0 aromatic rings. The lowest BCUT2D eigenvalue weighted by atomic mass is 10.2. The molecule has 1 N–H and O–H groups in total. The second-order valence-electron chi connectivity index (χ2n) is 4.51. The van der Waals surface area contributed by atoms with E-state index in [1.807, 2.05) is 0 Å². The number of nitrogens with one attached hydrogen (secondary N) is 1. The average Bonchev–Trinajstić information content (AvgIpc) is 2.56. The van der Waals surface area contributed by atoms with E-state index >= 15 is 0 Å². The minimum atomic E-state index is 0.672. The molecule has 1 aliphatic carbocycles. The van der Waals surface area contributed by atoms with Gasteiger partial charge in [0.25, 0.3) is 0 Å². The summed E-state index contributed by atoms with van der Waals surface area (Å²) in [5.41, 5.74) is 0. The summed E-state index contributed by atoms with van der Waals surface area (Å²) in [5, 5.41) is 3.63. The van der Waals surface area contributed by atoms with Gasteiger partial charge in [0.2, 0.25) is 0 Å². The van der Waals surface area contributed by atoms with Crippen LogP contribution in [0.5, 0.6) is 0 Å². The normalized spacial score (nSPS) is 19.2. The molecule has 0 atom stereocenters. The highest BCUT2D eigenvalue weighted by molar-refractivity contribution is 4.74. The smallest absolute Gasteiger partial charge is 0.0107 e. The van der Waals surface area contributed by atoms with Gasteiger partial charge in [-0.2, -0.15) is 0 Å². The van der Waals surface area contributed by atoms with Crippen molar-refractivity contribution in [1.29, 1.82) is 0 Å². The quantitative estimate of drug-likeness (QED) is 0.701. The first-order valence-corrected chi connectivity index (χ1v) is 5.64. The van der Waals surface area contributed by atoms with Crippen molar-refractivity contribution in [3.8, 4) is 0 Å². The lowest BCUT2D eigenvalue weighted by Gasteiger charge is -2.22. The van der Waals surface area contributed by atoms with E-state index < -0.39 is 0 Å². The summed E-state index contributed by atoms with van der Waals surface area (Å²) in [4.78, 5) is 2.39. The number of likely N-dealkylation sites (N-methyl/N-ethyl adjacent to an activating group) is 1. The van der Waals surface area contributed by atoms with E-state index in [0.29, 0.717) is 6.04 Å². The molecule has 1 rings (SSSR count). The molecule has 0 radical (unpaired) electrons. The Labute approximate surface area is 82.7 Å². The second-order valence-corrected chi connectivity index (χ2v) is 4.51. The van der Waals surface area contributed by atoms with Crippen molar-refractivity contribution in [3.05, 3.63) is 0 Å². The van der Waals surface area contributed by atoms with Gasteiger partial charge in [0.15, 0.2) is 0 Å². The van der Waals surface area contributed by atoms with Crippen LogP contribution in [0.3, 0.4) is 0 Å². The highest BCUT2D eigenvalue weighted by Gasteiger charge is 2.13. The van der Waals surface area contributed by atoms with Crippen LogP contribution in [0.1, 0.15) is 39.5 Å². The van der Waals surface area contributed by atoms with Crippen molar-refractivity contribution in [3.63, 3.8) is 0 Å². The lowest BCUT2D eigenvalue weighted by Crippen LogP contribution is -2.37. The van der Waals surface area contributed by atoms with E-state index in [0.717, 1.165) is 12.6 Å². The van der Waals surface area contributed by atoms with Crippen LogP contribution in [-0.2, 0) is 0 Å². The summed E-state index contributed by atoms with van der Waals surface area (Å²) in [5.74, 6) is 0. The van der Waals surface area contributed by atoms with Crippen molar-refractivity contribution in [1.82, 2.24) is 10.2 Å². The van der Waals surface area contributed by atoms with Crippen molar-refractivity contribution in [2.75, 3.05) is 20.1 Å². The van der Waals surface area contributed by atoms with Gasteiger partial charge in [-0.3, -0.25) is 0 Å². The average molecular weight is 184 g/mol. The summed E-state index contributed by atoms with van der Waals surface area (Å²) in [6.45, 7) is 6.82. The van der Waals surface area contributed by atoms with Gasteiger partial charge in [0.1, 0.15) is 0 Å². The summed E-state index contributed by atoms with van der Waals surface area (Å²) in [6, 6.07) is 1.49. The number of nitrogens with zero attached hydrogens (tertiary/aromatic N) is 1. The Balaban J connectivity index is 1.99. The fraction of sp³-hybridized carbons (Fsp3) is 1.00. The Kier molecular flexibility index (Phi) is 4.74. The Morgan fingerprint density at radius 2 is 1.92 bits per heavy atom. The van der Waals surface area contributed by atoms with Crippen molar-refractivity contribution in [2.45, 2.75) is 51.6 Å². The minimum absolute atomic E-state index is 0.672. The van der Waals surface area contributed by atoms with Crippen LogP contribution < -0.4 is 5.32 Å². The highest BCUT2D eigenvalue weighted by atomic mass is 15.1. The monoisotopic (exact) mass is 184 g/mol. The molecule has 2 heteroatoms. The van der Waals surface area contributed by atoms with Crippen molar-refractivity contribution in [2.24, 2.45) is 0 Å². The molecule has 0 spiro atoms. The molecular weight excluding hydrogens is 160 g/mol. The van der Waals surface area contributed by atoms with Crippen molar-refractivity contribution < 1.29 is 0 Å². The molecule has 78 valence electrons. The van der Waals surface area contributed by atoms with Crippen LogP contribution in [0.15, 0.2) is 0 Å². The molecule has 0 bridgehead atoms. The third kappa shape index (κ3) is 4.10. The van der Waals surface area contributed by atoms with E-state index in [4.69, 9.17) is 0 Å². The summed E-state index contributed by atoms with van der Waals surface area (Å²) in [6.07, 6.45) is 5.64. The summed E-state index contributed by atoms with van der Waals surface area (Å²) in [7, 11) is 2.20. The van der Waals surface area contributed by atoms with Gasteiger partial charge < -0.3 is 10.2 Å². The van der Waals surface area contributed by atoms with E-state index in [2.05, 4.69) is 31.1 Å². The molecule has 0 aromatic heterocycles. The largest absolute Gasteiger partial charge is 0.313 e. The maximum atomic E-state index is 3.63. The zero-order valence-corrected chi connectivity index (χ0v) is 9.34. The van der Waals surface area contributed by atoms with Crippen LogP contribution in [0, 0.1) is 0 Å². The summed E-state index contributed by atoms with van der Waals surface area (Å²) < 4.78 is 0. The van der Waals surface area contributed by atoms with E-state index in [1.54, 1.807) is 0 Å². The van der Waals surface area contributed by atoms with Gasteiger partial charge in [0, 0.05) is 25.2 Å². The highest BCUT2D eigenvalue weighted by Crippen LogP contribution is 2.17. The fourth-order valence-corrected chi connectivity index (χ4v) is 1.83. The molecule has 0 heterocycles. The summed E-state index contributed by atoms with van der Waals surface area (Å²) >= 11 is 0. The van der Waals surface area contributed by atoms with Gasteiger partial charge >= 0.3 is 0 Å². The first-order chi connectivity index (χ1) is 6.20.